The minimum absolute atomic E-state index is 0.183. The lowest BCUT2D eigenvalue weighted by atomic mass is 10.1. The van der Waals surface area contributed by atoms with Crippen molar-refractivity contribution in [2.24, 2.45) is 0 Å². The van der Waals surface area contributed by atoms with Gasteiger partial charge in [0.05, 0.1) is 5.69 Å². The summed E-state index contributed by atoms with van der Waals surface area (Å²) < 4.78 is 1.00. The van der Waals surface area contributed by atoms with Crippen LogP contribution in [0.15, 0.2) is 70.3 Å². The van der Waals surface area contributed by atoms with Crippen molar-refractivity contribution in [3.63, 3.8) is 0 Å². The van der Waals surface area contributed by atoms with Gasteiger partial charge in [0.1, 0.15) is 0 Å². The first-order valence-electron chi connectivity index (χ1n) is 7.30. The van der Waals surface area contributed by atoms with Crippen molar-refractivity contribution in [3.05, 3.63) is 87.2 Å². The molecule has 1 aromatic heterocycles. The number of nitrogens with one attached hydrogen (secondary N) is 2. The Labute approximate surface area is 132 Å². The van der Waals surface area contributed by atoms with Gasteiger partial charge < -0.3 is 5.32 Å². The van der Waals surface area contributed by atoms with Crippen molar-refractivity contribution in [1.29, 1.82) is 0 Å². The highest BCUT2D eigenvalue weighted by molar-refractivity contribution is 5.32. The van der Waals surface area contributed by atoms with E-state index in [1.807, 2.05) is 36.4 Å². The van der Waals surface area contributed by atoms with E-state index >= 15 is 0 Å². The Kier molecular flexibility index (Phi) is 4.33. The van der Waals surface area contributed by atoms with Crippen LogP contribution < -0.4 is 16.7 Å². The molecule has 2 aromatic carbocycles. The molecule has 3 aromatic rings. The van der Waals surface area contributed by atoms with Crippen LogP contribution in [0.5, 0.6) is 0 Å². The van der Waals surface area contributed by atoms with E-state index in [-0.39, 0.29) is 5.95 Å². The number of benzene rings is 2. The number of aromatic nitrogens is 3. The second-order valence-corrected chi connectivity index (χ2v) is 5.01. The van der Waals surface area contributed by atoms with Crippen molar-refractivity contribution in [2.45, 2.75) is 6.42 Å². The fourth-order valence-electron chi connectivity index (χ4n) is 2.28. The highest BCUT2D eigenvalue weighted by Crippen LogP contribution is 2.02. The smallest absolute Gasteiger partial charge is 0.355 e. The summed E-state index contributed by atoms with van der Waals surface area (Å²) in [6, 6.07) is 18.6. The Morgan fingerprint density at radius 1 is 0.957 bits per heavy atom. The minimum atomic E-state index is -0.609. The first-order valence-corrected chi connectivity index (χ1v) is 7.30. The van der Waals surface area contributed by atoms with Crippen molar-refractivity contribution < 1.29 is 0 Å². The molecule has 0 fully saturated rings. The van der Waals surface area contributed by atoms with Crippen LogP contribution >= 0.6 is 0 Å². The van der Waals surface area contributed by atoms with Crippen LogP contribution in [0.4, 0.5) is 5.95 Å². The van der Waals surface area contributed by atoms with Crippen LogP contribution in [0.25, 0.3) is 5.69 Å². The SMILES string of the molecule is O=c1nc(NCCc2ccccc2)[nH]c(=O)n1-c1ccccc1. The molecular formula is C17H16N4O2. The molecule has 0 amide bonds. The number of hydrogen-bond donors (Lipinski definition) is 2. The first kappa shape index (κ1) is 14.8. The average Bonchev–Trinajstić information content (AvgIpc) is 2.56. The Morgan fingerprint density at radius 2 is 1.61 bits per heavy atom. The molecule has 0 unspecified atom stereocenters. The van der Waals surface area contributed by atoms with Gasteiger partial charge in [0.15, 0.2) is 0 Å². The Hall–Kier alpha value is -3.15. The van der Waals surface area contributed by atoms with Gasteiger partial charge in [-0.3, -0.25) is 4.98 Å². The van der Waals surface area contributed by atoms with Crippen LogP contribution in [-0.4, -0.2) is 21.1 Å². The van der Waals surface area contributed by atoms with E-state index in [9.17, 15) is 9.59 Å². The second-order valence-electron chi connectivity index (χ2n) is 5.01. The van der Waals surface area contributed by atoms with Crippen LogP contribution in [0.1, 0.15) is 5.56 Å². The third-order valence-electron chi connectivity index (χ3n) is 3.39. The lowest BCUT2D eigenvalue weighted by Crippen LogP contribution is -2.36. The molecule has 6 nitrogen and oxygen atoms in total. The highest BCUT2D eigenvalue weighted by Gasteiger charge is 2.07. The molecule has 0 saturated carbocycles. The molecule has 116 valence electrons. The zero-order chi connectivity index (χ0) is 16.1. The topological polar surface area (TPSA) is 79.8 Å². The molecule has 3 rings (SSSR count). The molecule has 2 N–H and O–H groups in total. The molecule has 6 heteroatoms. The summed E-state index contributed by atoms with van der Waals surface area (Å²) in [6.07, 6.45) is 0.770. The van der Waals surface area contributed by atoms with Gasteiger partial charge in [0.25, 0.3) is 0 Å². The lowest BCUT2D eigenvalue weighted by Gasteiger charge is -2.07. The average molecular weight is 308 g/mol. The van der Waals surface area contributed by atoms with Crippen molar-refractivity contribution in [3.8, 4) is 5.69 Å². The number of rotatable bonds is 5. The van der Waals surface area contributed by atoms with Gasteiger partial charge in [-0.1, -0.05) is 48.5 Å². The van der Waals surface area contributed by atoms with Crippen LogP contribution in [0.3, 0.4) is 0 Å². The van der Waals surface area contributed by atoms with Gasteiger partial charge in [-0.05, 0) is 24.1 Å². The van der Waals surface area contributed by atoms with Gasteiger partial charge in [-0.25, -0.2) is 14.2 Å². The largest absolute Gasteiger partial charge is 0.359 e. The molecule has 0 atom stereocenters. The van der Waals surface area contributed by atoms with Crippen molar-refractivity contribution >= 4 is 5.95 Å². The van der Waals surface area contributed by atoms with Gasteiger partial charge in [0, 0.05) is 6.54 Å². The maximum absolute atomic E-state index is 12.1. The van der Waals surface area contributed by atoms with E-state index in [1.54, 1.807) is 24.3 Å². The number of hydrogen-bond acceptors (Lipinski definition) is 4. The summed E-state index contributed by atoms with van der Waals surface area (Å²) in [7, 11) is 0. The van der Waals surface area contributed by atoms with Crippen molar-refractivity contribution in [1.82, 2.24) is 14.5 Å². The molecule has 0 radical (unpaired) electrons. The van der Waals surface area contributed by atoms with Crippen molar-refractivity contribution in [2.75, 3.05) is 11.9 Å². The van der Waals surface area contributed by atoms with E-state index in [0.29, 0.717) is 12.2 Å². The number of para-hydroxylation sites is 1. The van der Waals surface area contributed by atoms with Gasteiger partial charge >= 0.3 is 11.4 Å². The third-order valence-corrected chi connectivity index (χ3v) is 3.39. The quantitative estimate of drug-likeness (QED) is 0.750. The molecule has 0 aliphatic carbocycles. The number of H-pyrrole nitrogens is 1. The van der Waals surface area contributed by atoms with Gasteiger partial charge in [-0.2, -0.15) is 4.98 Å². The highest BCUT2D eigenvalue weighted by atomic mass is 16.2. The lowest BCUT2D eigenvalue weighted by molar-refractivity contribution is 0.808. The number of nitrogens with zero attached hydrogens (tertiary/aromatic N) is 2. The number of anilines is 1. The van der Waals surface area contributed by atoms with E-state index in [4.69, 9.17) is 0 Å². The first-order chi connectivity index (χ1) is 11.2. The Balaban J connectivity index is 1.75. The zero-order valence-electron chi connectivity index (χ0n) is 12.4. The molecule has 0 saturated heterocycles. The monoisotopic (exact) mass is 308 g/mol. The zero-order valence-corrected chi connectivity index (χ0v) is 12.4. The Bertz CT molecular complexity index is 854. The molecule has 0 aliphatic rings. The van der Waals surface area contributed by atoms with Crippen LogP contribution in [0.2, 0.25) is 0 Å². The molecule has 0 spiro atoms. The molecule has 23 heavy (non-hydrogen) atoms. The van der Waals surface area contributed by atoms with E-state index in [0.717, 1.165) is 11.0 Å². The van der Waals surface area contributed by atoms with E-state index in [2.05, 4.69) is 15.3 Å². The second kappa shape index (κ2) is 6.74. The number of aromatic amines is 1. The summed E-state index contributed by atoms with van der Waals surface area (Å²) in [5.74, 6) is 0.183. The summed E-state index contributed by atoms with van der Waals surface area (Å²) in [6.45, 7) is 0.571. The van der Waals surface area contributed by atoms with Gasteiger partial charge in [-0.15, -0.1) is 0 Å². The predicted molar refractivity (Wildman–Crippen MR) is 89.1 cm³/mol. The molecule has 1 heterocycles. The summed E-state index contributed by atoms with van der Waals surface area (Å²) in [5.41, 5.74) is 0.530. The summed E-state index contributed by atoms with van der Waals surface area (Å²) >= 11 is 0. The predicted octanol–water partition coefficient (Wildman–Crippen LogP) is 1.58. The van der Waals surface area contributed by atoms with Gasteiger partial charge in [0.2, 0.25) is 5.95 Å². The molecule has 0 bridgehead atoms. The maximum atomic E-state index is 12.1. The van der Waals surface area contributed by atoms with Crippen LogP contribution in [-0.2, 0) is 6.42 Å². The fraction of sp³-hybridized carbons (Fsp3) is 0.118. The molecule has 0 aliphatic heterocycles. The maximum Gasteiger partial charge on any atom is 0.359 e. The van der Waals surface area contributed by atoms with E-state index < -0.39 is 11.4 Å². The minimum Gasteiger partial charge on any atom is -0.355 e. The van der Waals surface area contributed by atoms with E-state index in [1.165, 1.54) is 5.56 Å². The summed E-state index contributed by atoms with van der Waals surface area (Å²) in [4.78, 5) is 30.7. The third kappa shape index (κ3) is 3.55. The summed E-state index contributed by atoms with van der Waals surface area (Å²) in [5, 5.41) is 2.97. The fourth-order valence-corrected chi connectivity index (χ4v) is 2.28. The van der Waals surface area contributed by atoms with Crippen LogP contribution in [0, 0.1) is 0 Å². The normalized spacial score (nSPS) is 10.4. The standard InChI is InChI=1S/C17H16N4O2/c22-16-19-15(18-12-11-13-7-3-1-4-8-13)20-17(23)21(16)14-9-5-2-6-10-14/h1-10H,11-12H2,(H2,18,19,20,22,23). The Morgan fingerprint density at radius 3 is 2.26 bits per heavy atom. The molecular weight excluding hydrogens is 292 g/mol.